The fourth-order valence-corrected chi connectivity index (χ4v) is 3.92. The van der Waals surface area contributed by atoms with Crippen LogP contribution in [0.2, 0.25) is 5.02 Å². The molecule has 0 saturated carbocycles. The lowest BCUT2D eigenvalue weighted by Gasteiger charge is -2.26. The van der Waals surface area contributed by atoms with Crippen molar-refractivity contribution < 1.29 is 14.3 Å². The Bertz CT molecular complexity index is 1040. The summed E-state index contributed by atoms with van der Waals surface area (Å²) in [5.41, 5.74) is 1.88. The molecule has 0 aliphatic carbocycles. The summed E-state index contributed by atoms with van der Waals surface area (Å²) < 4.78 is 12.4. The molecular weight excluding hydrogens is 392 g/mol. The Labute approximate surface area is 173 Å². The molecule has 0 spiro atoms. The number of carbonyl (C=O) groups excluding carboxylic acids is 1. The zero-order chi connectivity index (χ0) is 20.4. The van der Waals surface area contributed by atoms with Gasteiger partial charge in [0.05, 0.1) is 37.2 Å². The molecule has 1 saturated heterocycles. The predicted octanol–water partition coefficient (Wildman–Crippen LogP) is 3.92. The van der Waals surface area contributed by atoms with Gasteiger partial charge in [0, 0.05) is 12.1 Å². The van der Waals surface area contributed by atoms with Gasteiger partial charge >= 0.3 is 0 Å². The molecule has 1 amide bonds. The monoisotopic (exact) mass is 412 g/mol. The first kappa shape index (κ1) is 19.3. The van der Waals surface area contributed by atoms with Gasteiger partial charge in [-0.25, -0.2) is 4.68 Å². The quantitative estimate of drug-likeness (QED) is 0.635. The Kier molecular flexibility index (Phi) is 5.40. The molecular formula is C21H21ClN4O3. The second-order valence-electron chi connectivity index (χ2n) is 6.76. The van der Waals surface area contributed by atoms with Gasteiger partial charge in [-0.05, 0) is 43.2 Å². The van der Waals surface area contributed by atoms with E-state index in [-0.39, 0.29) is 17.6 Å². The van der Waals surface area contributed by atoms with Gasteiger partial charge in [-0.15, -0.1) is 5.10 Å². The minimum atomic E-state index is -0.171. The minimum absolute atomic E-state index is 0.113. The van der Waals surface area contributed by atoms with E-state index in [1.54, 1.807) is 26.5 Å². The van der Waals surface area contributed by atoms with Gasteiger partial charge in [-0.3, -0.25) is 4.79 Å². The predicted molar refractivity (Wildman–Crippen MR) is 109 cm³/mol. The van der Waals surface area contributed by atoms with E-state index in [2.05, 4.69) is 10.3 Å². The van der Waals surface area contributed by atoms with E-state index in [1.807, 2.05) is 41.3 Å². The number of ether oxygens (including phenoxy) is 2. The van der Waals surface area contributed by atoms with Crippen LogP contribution in [0.5, 0.6) is 11.5 Å². The second-order valence-corrected chi connectivity index (χ2v) is 7.17. The zero-order valence-electron chi connectivity index (χ0n) is 16.2. The number of carbonyl (C=O) groups is 1. The van der Waals surface area contributed by atoms with E-state index in [0.717, 1.165) is 29.9 Å². The highest BCUT2D eigenvalue weighted by molar-refractivity contribution is 6.32. The Morgan fingerprint density at radius 2 is 2.00 bits per heavy atom. The highest BCUT2D eigenvalue weighted by Crippen LogP contribution is 2.39. The van der Waals surface area contributed by atoms with Crippen molar-refractivity contribution in [2.24, 2.45) is 0 Å². The number of likely N-dealkylation sites (tertiary alicyclic amines) is 1. The summed E-state index contributed by atoms with van der Waals surface area (Å²) in [6, 6.07) is 12.8. The third kappa shape index (κ3) is 3.65. The molecule has 1 fully saturated rings. The van der Waals surface area contributed by atoms with Crippen molar-refractivity contribution in [3.63, 3.8) is 0 Å². The average Bonchev–Trinajstić information content (AvgIpc) is 3.43. The molecule has 3 aromatic rings. The Morgan fingerprint density at radius 1 is 1.17 bits per heavy atom. The van der Waals surface area contributed by atoms with Crippen LogP contribution in [0.25, 0.3) is 5.69 Å². The van der Waals surface area contributed by atoms with Crippen molar-refractivity contribution in [3.05, 3.63) is 64.9 Å². The van der Waals surface area contributed by atoms with Gasteiger partial charge in [0.25, 0.3) is 5.91 Å². The highest BCUT2D eigenvalue weighted by atomic mass is 35.5. The summed E-state index contributed by atoms with van der Waals surface area (Å²) in [4.78, 5) is 15.0. The molecule has 1 aromatic heterocycles. The van der Waals surface area contributed by atoms with Gasteiger partial charge in [0.1, 0.15) is 11.5 Å². The van der Waals surface area contributed by atoms with Crippen LogP contribution in [-0.4, -0.2) is 46.6 Å². The van der Waals surface area contributed by atoms with E-state index in [1.165, 1.54) is 4.68 Å². The fourth-order valence-electron chi connectivity index (χ4n) is 3.70. The molecule has 8 heteroatoms. The maximum Gasteiger partial charge on any atom is 0.276 e. The largest absolute Gasteiger partial charge is 0.497 e. The first-order valence-corrected chi connectivity index (χ1v) is 9.70. The lowest BCUT2D eigenvalue weighted by Crippen LogP contribution is -2.31. The van der Waals surface area contributed by atoms with Gasteiger partial charge in [-0.2, -0.15) is 0 Å². The Balaban J connectivity index is 1.63. The zero-order valence-corrected chi connectivity index (χ0v) is 17.0. The van der Waals surface area contributed by atoms with Crippen LogP contribution >= 0.6 is 11.6 Å². The highest BCUT2D eigenvalue weighted by Gasteiger charge is 2.34. The molecule has 0 bridgehead atoms. The van der Waals surface area contributed by atoms with Crippen molar-refractivity contribution in [2.45, 2.75) is 18.9 Å². The molecule has 1 unspecified atom stereocenters. The normalized spacial score (nSPS) is 16.1. The number of halogens is 1. The number of methoxy groups -OCH3 is 2. The molecule has 4 rings (SSSR count). The van der Waals surface area contributed by atoms with Crippen LogP contribution in [-0.2, 0) is 0 Å². The summed E-state index contributed by atoms with van der Waals surface area (Å²) in [5.74, 6) is 1.29. The number of hydrogen-bond acceptors (Lipinski definition) is 5. The number of aromatic nitrogens is 3. The SMILES string of the molecule is COc1ccc(OC)c(C2CCCN2C(=O)c2cn(-c3ccccc3Cl)nn2)c1. The fraction of sp³-hybridized carbons (Fsp3) is 0.286. The third-order valence-corrected chi connectivity index (χ3v) is 5.44. The number of hydrogen-bond donors (Lipinski definition) is 0. The van der Waals surface area contributed by atoms with E-state index in [4.69, 9.17) is 21.1 Å². The third-order valence-electron chi connectivity index (χ3n) is 5.12. The van der Waals surface area contributed by atoms with Crippen molar-refractivity contribution in [1.82, 2.24) is 19.9 Å². The molecule has 1 aliphatic rings. The first-order valence-electron chi connectivity index (χ1n) is 9.32. The number of para-hydroxylation sites is 1. The summed E-state index contributed by atoms with van der Waals surface area (Å²) >= 11 is 6.23. The summed E-state index contributed by atoms with van der Waals surface area (Å²) in [5, 5.41) is 8.72. The van der Waals surface area contributed by atoms with E-state index < -0.39 is 0 Å². The lowest BCUT2D eigenvalue weighted by molar-refractivity contribution is 0.0728. The lowest BCUT2D eigenvalue weighted by atomic mass is 10.0. The molecule has 1 atom stereocenters. The summed E-state index contributed by atoms with van der Waals surface area (Å²) in [6.45, 7) is 0.642. The molecule has 0 radical (unpaired) electrons. The average molecular weight is 413 g/mol. The smallest absolute Gasteiger partial charge is 0.276 e. The van der Waals surface area contributed by atoms with Crippen LogP contribution in [0.3, 0.4) is 0 Å². The molecule has 1 aliphatic heterocycles. The maximum absolute atomic E-state index is 13.2. The van der Waals surface area contributed by atoms with Gasteiger partial charge in [0.2, 0.25) is 0 Å². The molecule has 2 aromatic carbocycles. The van der Waals surface area contributed by atoms with Crippen molar-refractivity contribution in [2.75, 3.05) is 20.8 Å². The van der Waals surface area contributed by atoms with Crippen LogP contribution in [0.1, 0.15) is 34.9 Å². The second kappa shape index (κ2) is 8.13. The molecule has 7 nitrogen and oxygen atoms in total. The van der Waals surface area contributed by atoms with Gasteiger partial charge in [-0.1, -0.05) is 28.9 Å². The standard InChI is InChI=1S/C21H21ClN4O3/c1-28-14-9-10-20(29-2)15(12-14)18-8-5-11-25(18)21(27)17-13-26(24-23-17)19-7-4-3-6-16(19)22/h3-4,6-7,9-10,12-13,18H,5,8,11H2,1-2H3. The van der Waals surface area contributed by atoms with Crippen molar-refractivity contribution in [1.29, 1.82) is 0 Å². The Morgan fingerprint density at radius 3 is 2.76 bits per heavy atom. The number of rotatable bonds is 5. The first-order chi connectivity index (χ1) is 14.1. The van der Waals surface area contributed by atoms with E-state index in [9.17, 15) is 4.79 Å². The van der Waals surface area contributed by atoms with E-state index in [0.29, 0.717) is 17.3 Å². The molecule has 29 heavy (non-hydrogen) atoms. The van der Waals surface area contributed by atoms with Crippen LogP contribution < -0.4 is 9.47 Å². The van der Waals surface area contributed by atoms with Crippen LogP contribution in [0.4, 0.5) is 0 Å². The number of amides is 1. The summed E-state index contributed by atoms with van der Waals surface area (Å²) in [6.07, 6.45) is 3.35. The minimum Gasteiger partial charge on any atom is -0.497 e. The van der Waals surface area contributed by atoms with Crippen molar-refractivity contribution >= 4 is 17.5 Å². The van der Waals surface area contributed by atoms with Crippen LogP contribution in [0.15, 0.2) is 48.7 Å². The van der Waals surface area contributed by atoms with Crippen molar-refractivity contribution in [3.8, 4) is 17.2 Å². The van der Waals surface area contributed by atoms with E-state index >= 15 is 0 Å². The number of benzene rings is 2. The maximum atomic E-state index is 13.2. The number of nitrogens with zero attached hydrogens (tertiary/aromatic N) is 4. The van der Waals surface area contributed by atoms with Gasteiger partial charge < -0.3 is 14.4 Å². The molecule has 0 N–H and O–H groups in total. The summed E-state index contributed by atoms with van der Waals surface area (Å²) in [7, 11) is 3.25. The topological polar surface area (TPSA) is 69.5 Å². The molecule has 150 valence electrons. The van der Waals surface area contributed by atoms with Crippen LogP contribution in [0, 0.1) is 0 Å². The van der Waals surface area contributed by atoms with Gasteiger partial charge in [0.15, 0.2) is 5.69 Å². The molecule has 2 heterocycles. The Hall–Kier alpha value is -3.06.